The van der Waals surface area contributed by atoms with Crippen LogP contribution in [0, 0.1) is 0 Å². The van der Waals surface area contributed by atoms with E-state index in [1.807, 2.05) is 24.3 Å². The summed E-state index contributed by atoms with van der Waals surface area (Å²) in [5, 5.41) is 13.9. The fourth-order valence-electron chi connectivity index (χ4n) is 2.29. The molecule has 1 aliphatic rings. The second-order valence-corrected chi connectivity index (χ2v) is 4.69. The van der Waals surface area contributed by atoms with Gasteiger partial charge in [-0.2, -0.15) is 4.98 Å². The van der Waals surface area contributed by atoms with Gasteiger partial charge in [0.05, 0.1) is 31.3 Å². The molecule has 6 nitrogen and oxygen atoms in total. The number of aliphatic hydroxyl groups is 1. The summed E-state index contributed by atoms with van der Waals surface area (Å²) in [5.74, 6) is 1.27. The number of rotatable bonds is 3. The van der Waals surface area contributed by atoms with Crippen LogP contribution in [0.3, 0.4) is 0 Å². The molecule has 0 bridgehead atoms. The molecular weight excluding hydrogens is 260 g/mol. The highest BCUT2D eigenvalue weighted by Gasteiger charge is 2.30. The van der Waals surface area contributed by atoms with Gasteiger partial charge in [-0.05, 0) is 18.6 Å². The topological polar surface area (TPSA) is 77.6 Å². The predicted octanol–water partition coefficient (Wildman–Crippen LogP) is 1.61. The van der Waals surface area contributed by atoms with Crippen LogP contribution < -0.4 is 4.74 Å². The minimum atomic E-state index is -0.505. The molecule has 0 saturated carbocycles. The molecule has 2 aromatic rings. The number of para-hydroxylation sites is 1. The molecule has 1 aliphatic heterocycles. The zero-order valence-corrected chi connectivity index (χ0v) is 11.2. The lowest BCUT2D eigenvalue weighted by molar-refractivity contribution is -0.0149. The van der Waals surface area contributed by atoms with Crippen LogP contribution in [0.4, 0.5) is 0 Å². The molecule has 106 valence electrons. The first kappa shape index (κ1) is 13.1. The van der Waals surface area contributed by atoms with E-state index in [4.69, 9.17) is 14.0 Å². The van der Waals surface area contributed by atoms with Gasteiger partial charge in [0.2, 0.25) is 11.7 Å². The van der Waals surface area contributed by atoms with Crippen molar-refractivity contribution in [1.29, 1.82) is 0 Å². The Morgan fingerprint density at radius 2 is 2.20 bits per heavy atom. The minimum absolute atomic E-state index is 0.264. The van der Waals surface area contributed by atoms with E-state index in [2.05, 4.69) is 10.1 Å². The monoisotopic (exact) mass is 276 g/mol. The first-order valence-corrected chi connectivity index (χ1v) is 6.52. The Morgan fingerprint density at radius 3 is 3.00 bits per heavy atom. The number of ether oxygens (including phenoxy) is 2. The van der Waals surface area contributed by atoms with Crippen LogP contribution in [-0.4, -0.2) is 41.7 Å². The first-order chi connectivity index (χ1) is 9.79. The molecule has 1 aromatic carbocycles. The normalized spacial score (nSPS) is 22.7. The zero-order valence-electron chi connectivity index (χ0n) is 11.2. The standard InChI is InChI=1S/C14H16N2O4/c1-18-12-5-3-2-4-9(12)13-15-14(20-16-13)10-8-19-7-6-11(10)17/h2-5,10-11,17H,6-8H2,1H3. The molecule has 1 N–H and O–H groups in total. The molecule has 0 spiro atoms. The van der Waals surface area contributed by atoms with Crippen molar-refractivity contribution in [2.75, 3.05) is 20.3 Å². The molecule has 0 amide bonds. The maximum absolute atomic E-state index is 9.97. The highest BCUT2D eigenvalue weighted by Crippen LogP contribution is 2.30. The van der Waals surface area contributed by atoms with Gasteiger partial charge in [0.15, 0.2) is 0 Å². The van der Waals surface area contributed by atoms with Crippen molar-refractivity contribution in [3.63, 3.8) is 0 Å². The van der Waals surface area contributed by atoms with Gasteiger partial charge >= 0.3 is 0 Å². The minimum Gasteiger partial charge on any atom is -0.496 e. The summed E-state index contributed by atoms with van der Waals surface area (Å²) >= 11 is 0. The van der Waals surface area contributed by atoms with Crippen LogP contribution >= 0.6 is 0 Å². The Balaban J connectivity index is 1.90. The van der Waals surface area contributed by atoms with Crippen molar-refractivity contribution in [2.24, 2.45) is 0 Å². The maximum Gasteiger partial charge on any atom is 0.235 e. The summed E-state index contributed by atoms with van der Waals surface area (Å²) in [5.41, 5.74) is 0.760. The van der Waals surface area contributed by atoms with E-state index >= 15 is 0 Å². The number of hydrogen-bond donors (Lipinski definition) is 1. The number of aliphatic hydroxyl groups excluding tert-OH is 1. The summed E-state index contributed by atoms with van der Waals surface area (Å²) < 4.78 is 15.9. The van der Waals surface area contributed by atoms with Crippen molar-refractivity contribution in [3.05, 3.63) is 30.2 Å². The van der Waals surface area contributed by atoms with Gasteiger partial charge in [0.25, 0.3) is 0 Å². The number of hydrogen-bond acceptors (Lipinski definition) is 6. The van der Waals surface area contributed by atoms with E-state index in [0.717, 1.165) is 5.56 Å². The van der Waals surface area contributed by atoms with Crippen LogP contribution in [0.1, 0.15) is 18.2 Å². The molecule has 2 unspecified atom stereocenters. The third kappa shape index (κ3) is 2.39. The highest BCUT2D eigenvalue weighted by atomic mass is 16.5. The summed E-state index contributed by atoms with van der Waals surface area (Å²) in [6, 6.07) is 7.46. The fourth-order valence-corrected chi connectivity index (χ4v) is 2.29. The van der Waals surface area contributed by atoms with Crippen LogP contribution in [0.15, 0.2) is 28.8 Å². The van der Waals surface area contributed by atoms with Crippen LogP contribution in [0.25, 0.3) is 11.4 Å². The molecule has 0 aliphatic carbocycles. The molecule has 2 atom stereocenters. The van der Waals surface area contributed by atoms with Crippen molar-refractivity contribution in [1.82, 2.24) is 10.1 Å². The SMILES string of the molecule is COc1ccccc1-c1noc(C2COCCC2O)n1. The molecular formula is C14H16N2O4. The van der Waals surface area contributed by atoms with Gasteiger partial charge in [-0.25, -0.2) is 0 Å². The van der Waals surface area contributed by atoms with Crippen molar-refractivity contribution >= 4 is 0 Å². The number of nitrogens with zero attached hydrogens (tertiary/aromatic N) is 2. The predicted molar refractivity (Wildman–Crippen MR) is 70.5 cm³/mol. The number of methoxy groups -OCH3 is 1. The van der Waals surface area contributed by atoms with E-state index in [-0.39, 0.29) is 5.92 Å². The van der Waals surface area contributed by atoms with E-state index in [0.29, 0.717) is 37.1 Å². The van der Waals surface area contributed by atoms with Crippen molar-refractivity contribution in [3.8, 4) is 17.1 Å². The van der Waals surface area contributed by atoms with Crippen molar-refractivity contribution in [2.45, 2.75) is 18.4 Å². The first-order valence-electron chi connectivity index (χ1n) is 6.52. The molecule has 2 heterocycles. The summed E-state index contributed by atoms with van der Waals surface area (Å²) in [6.07, 6.45) is 0.0755. The van der Waals surface area contributed by atoms with Gasteiger partial charge in [-0.1, -0.05) is 17.3 Å². The van der Waals surface area contributed by atoms with Gasteiger partial charge in [-0.3, -0.25) is 0 Å². The second kappa shape index (κ2) is 5.60. The Bertz CT molecular complexity index is 584. The number of aromatic nitrogens is 2. The van der Waals surface area contributed by atoms with E-state index in [1.165, 1.54) is 0 Å². The fraction of sp³-hybridized carbons (Fsp3) is 0.429. The highest BCUT2D eigenvalue weighted by molar-refractivity contribution is 5.63. The van der Waals surface area contributed by atoms with E-state index < -0.39 is 6.10 Å². The quantitative estimate of drug-likeness (QED) is 0.917. The van der Waals surface area contributed by atoms with Crippen LogP contribution in [0.2, 0.25) is 0 Å². The third-order valence-electron chi connectivity index (χ3n) is 3.43. The molecule has 20 heavy (non-hydrogen) atoms. The second-order valence-electron chi connectivity index (χ2n) is 4.69. The van der Waals surface area contributed by atoms with E-state index in [1.54, 1.807) is 7.11 Å². The third-order valence-corrected chi connectivity index (χ3v) is 3.43. The Kier molecular flexibility index (Phi) is 3.66. The van der Waals surface area contributed by atoms with E-state index in [9.17, 15) is 5.11 Å². The zero-order chi connectivity index (χ0) is 13.9. The molecule has 1 saturated heterocycles. The summed E-state index contributed by atoms with van der Waals surface area (Å²) in [4.78, 5) is 4.37. The Morgan fingerprint density at radius 1 is 1.35 bits per heavy atom. The lowest BCUT2D eigenvalue weighted by Crippen LogP contribution is -2.30. The maximum atomic E-state index is 9.97. The average Bonchev–Trinajstić information content (AvgIpc) is 2.97. The number of benzene rings is 1. The molecule has 6 heteroatoms. The molecule has 0 radical (unpaired) electrons. The largest absolute Gasteiger partial charge is 0.496 e. The molecule has 3 rings (SSSR count). The van der Waals surface area contributed by atoms with Crippen LogP contribution in [-0.2, 0) is 4.74 Å². The van der Waals surface area contributed by atoms with Crippen LogP contribution in [0.5, 0.6) is 5.75 Å². The summed E-state index contributed by atoms with van der Waals surface area (Å²) in [7, 11) is 1.60. The van der Waals surface area contributed by atoms with Gasteiger partial charge in [0, 0.05) is 6.61 Å². The van der Waals surface area contributed by atoms with Gasteiger partial charge in [0.1, 0.15) is 5.75 Å². The van der Waals surface area contributed by atoms with Gasteiger partial charge < -0.3 is 19.1 Å². The summed E-state index contributed by atoms with van der Waals surface area (Å²) in [6.45, 7) is 0.958. The lowest BCUT2D eigenvalue weighted by Gasteiger charge is -2.24. The molecule has 1 aromatic heterocycles. The molecule has 1 fully saturated rings. The lowest BCUT2D eigenvalue weighted by atomic mass is 9.99. The van der Waals surface area contributed by atoms with Crippen molar-refractivity contribution < 1.29 is 19.1 Å². The van der Waals surface area contributed by atoms with Gasteiger partial charge in [-0.15, -0.1) is 0 Å². The Hall–Kier alpha value is -1.92. The Labute approximate surface area is 116 Å². The average molecular weight is 276 g/mol. The smallest absolute Gasteiger partial charge is 0.235 e.